The zero-order valence-electron chi connectivity index (χ0n) is 23.8. The van der Waals surface area contributed by atoms with Crippen molar-refractivity contribution in [1.29, 1.82) is 0 Å². The van der Waals surface area contributed by atoms with Crippen LogP contribution in [0.3, 0.4) is 0 Å². The number of likely N-dealkylation sites (tertiary alicyclic amines) is 1. The van der Waals surface area contributed by atoms with Crippen LogP contribution in [-0.4, -0.2) is 79.6 Å². The van der Waals surface area contributed by atoms with Crippen molar-refractivity contribution in [3.05, 3.63) is 89.7 Å². The molecule has 5 rings (SSSR count). The molecule has 11 nitrogen and oxygen atoms in total. The van der Waals surface area contributed by atoms with Crippen molar-refractivity contribution in [1.82, 2.24) is 30.0 Å². The highest BCUT2D eigenvalue weighted by atomic mass is 16.5. The lowest BCUT2D eigenvalue weighted by Gasteiger charge is -2.34. The van der Waals surface area contributed by atoms with E-state index in [1.165, 1.54) is 29.5 Å². The lowest BCUT2D eigenvalue weighted by molar-refractivity contribution is -0.143. The largest absolute Gasteiger partial charge is 0.480 e. The minimum absolute atomic E-state index is 0.0804. The van der Waals surface area contributed by atoms with Crippen molar-refractivity contribution < 1.29 is 24.2 Å². The summed E-state index contributed by atoms with van der Waals surface area (Å²) in [4.78, 5) is 26.4. The number of hydrogen-bond acceptors (Lipinski definition) is 8. The van der Waals surface area contributed by atoms with Crippen molar-refractivity contribution in [2.24, 2.45) is 0 Å². The summed E-state index contributed by atoms with van der Waals surface area (Å²) in [6.45, 7) is 6.03. The fourth-order valence-electron chi connectivity index (χ4n) is 4.92. The van der Waals surface area contributed by atoms with E-state index in [1.807, 2.05) is 12.1 Å². The van der Waals surface area contributed by atoms with Crippen LogP contribution in [-0.2, 0) is 9.53 Å². The number of carbonyl (C=O) groups is 2. The van der Waals surface area contributed by atoms with Crippen LogP contribution in [0.2, 0.25) is 0 Å². The standard InChI is InChI=1S/C31H36N6O5/c1-31(2,30(39)40)32-29(38)28-34-33-25-14-15-26(35-37(25)28)41-21-9-18-36-19-16-24(17-20-36)42-27(22-10-5-3-6-11-22)23-12-7-4-8-13-23/h3-8,10-15,24,27H,9,16-21H2,1-2H3,(H,32,38)(H,39,40). The molecular weight excluding hydrogens is 536 g/mol. The molecule has 3 heterocycles. The number of benzene rings is 2. The van der Waals surface area contributed by atoms with Crippen LogP contribution >= 0.6 is 0 Å². The average Bonchev–Trinajstić information content (AvgIpc) is 3.43. The van der Waals surface area contributed by atoms with Crippen molar-refractivity contribution in [3.8, 4) is 5.88 Å². The maximum absolute atomic E-state index is 12.6. The Kier molecular flexibility index (Phi) is 9.09. The molecule has 0 atom stereocenters. The first-order valence-corrected chi connectivity index (χ1v) is 14.2. The van der Waals surface area contributed by atoms with E-state index in [2.05, 4.69) is 74.0 Å². The van der Waals surface area contributed by atoms with Crippen LogP contribution in [0.5, 0.6) is 5.88 Å². The maximum Gasteiger partial charge on any atom is 0.328 e. The van der Waals surface area contributed by atoms with Crippen molar-refractivity contribution >= 4 is 17.5 Å². The number of carbonyl (C=O) groups excluding carboxylic acids is 1. The zero-order valence-corrected chi connectivity index (χ0v) is 23.8. The third-order valence-corrected chi connectivity index (χ3v) is 7.34. The molecule has 0 bridgehead atoms. The average molecular weight is 573 g/mol. The maximum atomic E-state index is 12.6. The van der Waals surface area contributed by atoms with Gasteiger partial charge in [-0.15, -0.1) is 15.3 Å². The first-order valence-electron chi connectivity index (χ1n) is 14.2. The number of carboxylic acids is 1. The number of rotatable bonds is 12. The van der Waals surface area contributed by atoms with E-state index < -0.39 is 17.4 Å². The molecule has 2 N–H and O–H groups in total. The summed E-state index contributed by atoms with van der Waals surface area (Å²) in [7, 11) is 0. The Morgan fingerprint density at radius 1 is 0.976 bits per heavy atom. The number of aliphatic carboxylic acids is 1. The lowest BCUT2D eigenvalue weighted by atomic mass is 10.00. The van der Waals surface area contributed by atoms with Gasteiger partial charge in [0.2, 0.25) is 11.7 Å². The molecule has 1 amide bonds. The summed E-state index contributed by atoms with van der Waals surface area (Å²) in [6.07, 6.45) is 2.85. The van der Waals surface area contributed by atoms with Crippen LogP contribution in [0.25, 0.3) is 5.65 Å². The van der Waals surface area contributed by atoms with Crippen LogP contribution in [0, 0.1) is 0 Å². The molecular formula is C31H36N6O5. The van der Waals surface area contributed by atoms with E-state index in [4.69, 9.17) is 9.47 Å². The van der Waals surface area contributed by atoms with Crippen LogP contribution in [0.15, 0.2) is 72.8 Å². The van der Waals surface area contributed by atoms with Gasteiger partial charge in [-0.2, -0.15) is 4.52 Å². The second kappa shape index (κ2) is 13.1. The monoisotopic (exact) mass is 572 g/mol. The number of amides is 1. The molecule has 1 saturated heterocycles. The summed E-state index contributed by atoms with van der Waals surface area (Å²) < 4.78 is 13.8. The molecule has 220 valence electrons. The molecule has 0 saturated carbocycles. The summed E-state index contributed by atoms with van der Waals surface area (Å²) in [5, 5.41) is 23.9. The lowest BCUT2D eigenvalue weighted by Crippen LogP contribution is -2.50. The van der Waals surface area contributed by atoms with E-state index in [0.29, 0.717) is 18.1 Å². The number of nitrogens with one attached hydrogen (secondary N) is 1. The first kappa shape index (κ1) is 29.2. The number of hydrogen-bond donors (Lipinski definition) is 2. The van der Waals surface area contributed by atoms with Gasteiger partial charge in [0.05, 0.1) is 12.7 Å². The Hall–Kier alpha value is -4.35. The minimum atomic E-state index is -1.47. The van der Waals surface area contributed by atoms with Gasteiger partial charge in [-0.1, -0.05) is 60.7 Å². The number of ether oxygens (including phenoxy) is 2. The molecule has 0 radical (unpaired) electrons. The fourth-order valence-corrected chi connectivity index (χ4v) is 4.92. The van der Waals surface area contributed by atoms with Crippen molar-refractivity contribution in [3.63, 3.8) is 0 Å². The second-order valence-electron chi connectivity index (χ2n) is 10.9. The number of carboxylic acid groups (broad SMARTS) is 1. The zero-order chi connectivity index (χ0) is 29.5. The molecule has 0 aliphatic carbocycles. The summed E-state index contributed by atoms with van der Waals surface area (Å²) >= 11 is 0. The van der Waals surface area contributed by atoms with Gasteiger partial charge >= 0.3 is 5.97 Å². The number of piperidine rings is 1. The van der Waals surface area contributed by atoms with Gasteiger partial charge in [0, 0.05) is 25.7 Å². The SMILES string of the molecule is CC(C)(NC(=O)c1nnc2ccc(OCCCN3CCC(OC(c4ccccc4)c4ccccc4)CC3)nn12)C(=O)O. The molecule has 1 aliphatic heterocycles. The van der Waals surface area contributed by atoms with Gasteiger partial charge in [-0.05, 0) is 50.3 Å². The topological polar surface area (TPSA) is 131 Å². The van der Waals surface area contributed by atoms with Crippen LogP contribution < -0.4 is 10.1 Å². The Bertz CT molecular complexity index is 1450. The molecule has 4 aromatic rings. The van der Waals surface area contributed by atoms with E-state index in [0.717, 1.165) is 38.9 Å². The van der Waals surface area contributed by atoms with E-state index in [9.17, 15) is 14.7 Å². The second-order valence-corrected chi connectivity index (χ2v) is 10.9. The Morgan fingerprint density at radius 2 is 1.62 bits per heavy atom. The first-order chi connectivity index (χ1) is 20.3. The summed E-state index contributed by atoms with van der Waals surface area (Å²) in [6, 6.07) is 24.1. The highest BCUT2D eigenvalue weighted by Crippen LogP contribution is 2.30. The normalized spacial score (nSPS) is 14.7. The minimum Gasteiger partial charge on any atom is -0.480 e. The summed E-state index contributed by atoms with van der Waals surface area (Å²) in [5.74, 6) is -1.64. The van der Waals surface area contributed by atoms with Crippen LogP contribution in [0.1, 0.15) is 61.0 Å². The number of fused-ring (bicyclic) bond motifs is 1. The number of nitrogens with zero attached hydrogens (tertiary/aromatic N) is 5. The molecule has 0 unspecified atom stereocenters. The molecule has 1 aliphatic rings. The molecule has 2 aromatic carbocycles. The Balaban J connectivity index is 1.09. The molecule has 2 aromatic heterocycles. The van der Waals surface area contributed by atoms with Crippen molar-refractivity contribution in [2.75, 3.05) is 26.2 Å². The predicted octanol–water partition coefficient (Wildman–Crippen LogP) is 3.76. The Morgan fingerprint density at radius 3 is 2.24 bits per heavy atom. The smallest absolute Gasteiger partial charge is 0.328 e. The van der Waals surface area contributed by atoms with Gasteiger partial charge in [0.15, 0.2) is 5.65 Å². The molecule has 1 fully saturated rings. The van der Waals surface area contributed by atoms with Crippen LogP contribution in [0.4, 0.5) is 0 Å². The summed E-state index contributed by atoms with van der Waals surface area (Å²) in [5.41, 5.74) is 1.22. The van der Waals surface area contributed by atoms with Gasteiger partial charge in [0.25, 0.3) is 5.91 Å². The highest BCUT2D eigenvalue weighted by molar-refractivity contribution is 5.95. The molecule has 0 spiro atoms. The third kappa shape index (κ3) is 7.10. The van der Waals surface area contributed by atoms with Gasteiger partial charge in [-0.3, -0.25) is 4.79 Å². The molecule has 42 heavy (non-hydrogen) atoms. The van der Waals surface area contributed by atoms with Gasteiger partial charge in [-0.25, -0.2) is 4.79 Å². The van der Waals surface area contributed by atoms with E-state index in [1.54, 1.807) is 12.1 Å². The predicted molar refractivity (Wildman–Crippen MR) is 155 cm³/mol. The fraction of sp³-hybridized carbons (Fsp3) is 0.387. The quantitative estimate of drug-likeness (QED) is 0.244. The van der Waals surface area contributed by atoms with E-state index in [-0.39, 0.29) is 18.0 Å². The molecule has 11 heteroatoms. The highest BCUT2D eigenvalue weighted by Gasteiger charge is 2.31. The third-order valence-electron chi connectivity index (χ3n) is 7.34. The van der Waals surface area contributed by atoms with Crippen molar-refractivity contribution in [2.45, 2.75) is 50.9 Å². The Labute approximate surface area is 244 Å². The van der Waals surface area contributed by atoms with Gasteiger partial charge < -0.3 is 24.8 Å². The van der Waals surface area contributed by atoms with E-state index >= 15 is 0 Å². The van der Waals surface area contributed by atoms with Gasteiger partial charge in [0.1, 0.15) is 11.6 Å². The number of aromatic nitrogens is 4.